The predicted octanol–water partition coefficient (Wildman–Crippen LogP) is 2.19. The van der Waals surface area contributed by atoms with E-state index in [-0.39, 0.29) is 12.0 Å². The number of aromatic nitrogens is 2. The number of nitrogens with zero attached hydrogens (tertiary/aromatic N) is 3. The summed E-state index contributed by atoms with van der Waals surface area (Å²) in [6, 6.07) is 7.62. The minimum atomic E-state index is -0.176. The Labute approximate surface area is 184 Å². The second kappa shape index (κ2) is 12.0. The first-order chi connectivity index (χ1) is 14.9. The molecule has 2 aromatic rings. The summed E-state index contributed by atoms with van der Waals surface area (Å²) in [7, 11) is 1.64. The number of nitrogen functional groups attached to an aromatic ring is 1. The number of nitrogens with one attached hydrogen (secondary N) is 2. The van der Waals surface area contributed by atoms with Crippen molar-refractivity contribution < 1.29 is 9.47 Å². The van der Waals surface area contributed by atoms with Crippen molar-refractivity contribution in [3.8, 4) is 5.75 Å². The molecule has 1 aromatic heterocycles. The fraction of sp³-hybridized carbons (Fsp3) is 0.455. The van der Waals surface area contributed by atoms with Crippen LogP contribution in [0.5, 0.6) is 5.75 Å². The monoisotopic (exact) mass is 429 g/mol. The van der Waals surface area contributed by atoms with Gasteiger partial charge >= 0.3 is 0 Å². The van der Waals surface area contributed by atoms with E-state index in [0.717, 1.165) is 16.9 Å². The standard InChI is InChI=1S/C22H35N7O2/c1-15(2)20-14-26-29(21(20)24)22(28-17(4)25-10-12-31-11-9-23)27-16(3)18-7-6-8-19(13-18)30-5/h6-8,13-16,25H,4,9-12,23-24H2,1-3,5H3,(H,27,28)/t16-/m0/s1. The zero-order valence-electron chi connectivity index (χ0n) is 18.9. The highest BCUT2D eigenvalue weighted by molar-refractivity contribution is 5.86. The van der Waals surface area contributed by atoms with Gasteiger partial charge in [-0.15, -0.1) is 0 Å². The molecule has 1 aromatic carbocycles. The minimum Gasteiger partial charge on any atom is -0.497 e. The Morgan fingerprint density at radius 1 is 1.29 bits per heavy atom. The number of hydrogen-bond donors (Lipinski definition) is 4. The minimum absolute atomic E-state index is 0.176. The lowest BCUT2D eigenvalue weighted by atomic mass is 10.1. The summed E-state index contributed by atoms with van der Waals surface area (Å²) in [5.41, 5.74) is 13.8. The van der Waals surface area contributed by atoms with Gasteiger partial charge < -0.3 is 31.6 Å². The second-order valence-electron chi connectivity index (χ2n) is 7.39. The van der Waals surface area contributed by atoms with Crippen LogP contribution in [0.3, 0.4) is 0 Å². The molecular formula is C22H35N7O2. The normalized spacial score (nSPS) is 12.6. The van der Waals surface area contributed by atoms with Gasteiger partial charge in [-0.05, 0) is 30.5 Å². The van der Waals surface area contributed by atoms with Crippen molar-refractivity contribution in [2.45, 2.75) is 32.7 Å². The van der Waals surface area contributed by atoms with E-state index in [1.54, 1.807) is 18.0 Å². The van der Waals surface area contributed by atoms with Gasteiger partial charge in [0, 0.05) is 18.7 Å². The molecule has 1 heterocycles. The van der Waals surface area contributed by atoms with Crippen molar-refractivity contribution in [2.75, 3.05) is 39.1 Å². The van der Waals surface area contributed by atoms with Crippen molar-refractivity contribution >= 4 is 11.8 Å². The number of rotatable bonds is 11. The summed E-state index contributed by atoms with van der Waals surface area (Å²) in [5, 5.41) is 10.8. The van der Waals surface area contributed by atoms with E-state index in [1.165, 1.54) is 0 Å². The Bertz CT molecular complexity index is 876. The Morgan fingerprint density at radius 3 is 2.71 bits per heavy atom. The third-order valence-electron chi connectivity index (χ3n) is 4.66. The second-order valence-corrected chi connectivity index (χ2v) is 7.39. The van der Waals surface area contributed by atoms with Crippen molar-refractivity contribution in [3.05, 3.63) is 54.0 Å². The fourth-order valence-electron chi connectivity index (χ4n) is 2.92. The molecule has 0 spiro atoms. The molecule has 9 heteroatoms. The molecule has 0 unspecified atom stereocenters. The van der Waals surface area contributed by atoms with Gasteiger partial charge in [0.2, 0.25) is 5.96 Å². The number of hydrogen-bond acceptors (Lipinski definition) is 7. The van der Waals surface area contributed by atoms with E-state index in [4.69, 9.17) is 25.9 Å². The number of ether oxygens (including phenoxy) is 2. The van der Waals surface area contributed by atoms with Crippen molar-refractivity contribution in [2.24, 2.45) is 10.7 Å². The first-order valence-electron chi connectivity index (χ1n) is 10.4. The highest BCUT2D eigenvalue weighted by atomic mass is 16.5. The SMILES string of the molecule is C=C(NCCOCCN)NC(=N[C@@H](C)c1cccc(OC)c1)n1ncc(C(C)C)c1N. The Kier molecular flexibility index (Phi) is 9.36. The lowest BCUT2D eigenvalue weighted by Gasteiger charge is -2.18. The van der Waals surface area contributed by atoms with E-state index in [1.807, 2.05) is 31.2 Å². The van der Waals surface area contributed by atoms with Crippen LogP contribution in [0.15, 0.2) is 47.9 Å². The van der Waals surface area contributed by atoms with Crippen LogP contribution < -0.4 is 26.8 Å². The van der Waals surface area contributed by atoms with Crippen LogP contribution in [0.4, 0.5) is 5.82 Å². The number of nitrogens with two attached hydrogens (primary N) is 2. The summed E-state index contributed by atoms with van der Waals surface area (Å²) in [4.78, 5) is 4.85. The number of methoxy groups -OCH3 is 1. The summed E-state index contributed by atoms with van der Waals surface area (Å²) < 4.78 is 12.3. The molecule has 0 aliphatic heterocycles. The average Bonchev–Trinajstić information content (AvgIpc) is 3.14. The fourth-order valence-corrected chi connectivity index (χ4v) is 2.92. The quantitative estimate of drug-likeness (QED) is 0.245. The van der Waals surface area contributed by atoms with Crippen LogP contribution in [0.1, 0.15) is 43.9 Å². The Morgan fingerprint density at radius 2 is 2.06 bits per heavy atom. The molecule has 31 heavy (non-hydrogen) atoms. The summed E-state index contributed by atoms with van der Waals surface area (Å²) >= 11 is 0. The molecule has 6 N–H and O–H groups in total. The average molecular weight is 430 g/mol. The molecule has 0 amide bonds. The van der Waals surface area contributed by atoms with Crippen molar-refractivity contribution in [1.82, 2.24) is 20.4 Å². The van der Waals surface area contributed by atoms with Crippen LogP contribution in [-0.4, -0.2) is 49.2 Å². The van der Waals surface area contributed by atoms with Gasteiger partial charge in [0.15, 0.2) is 0 Å². The topological polar surface area (TPSA) is 125 Å². The first kappa shape index (κ1) is 24.2. The maximum Gasteiger partial charge on any atom is 0.227 e. The highest BCUT2D eigenvalue weighted by Crippen LogP contribution is 2.24. The van der Waals surface area contributed by atoms with E-state index in [0.29, 0.717) is 43.9 Å². The molecule has 0 saturated heterocycles. The van der Waals surface area contributed by atoms with Crippen molar-refractivity contribution in [3.63, 3.8) is 0 Å². The van der Waals surface area contributed by atoms with Crippen LogP contribution in [-0.2, 0) is 4.74 Å². The smallest absolute Gasteiger partial charge is 0.227 e. The highest BCUT2D eigenvalue weighted by Gasteiger charge is 2.17. The molecule has 2 rings (SSSR count). The van der Waals surface area contributed by atoms with Crippen LogP contribution in [0.25, 0.3) is 0 Å². The number of anilines is 1. The summed E-state index contributed by atoms with van der Waals surface area (Å²) in [5.74, 6) is 2.59. The molecule has 170 valence electrons. The van der Waals surface area contributed by atoms with Gasteiger partial charge in [-0.3, -0.25) is 0 Å². The molecule has 0 saturated carbocycles. The third-order valence-corrected chi connectivity index (χ3v) is 4.66. The maximum atomic E-state index is 6.37. The van der Waals surface area contributed by atoms with Gasteiger partial charge in [0.25, 0.3) is 0 Å². The van der Waals surface area contributed by atoms with Gasteiger partial charge in [0.1, 0.15) is 11.6 Å². The molecule has 0 fully saturated rings. The molecule has 0 aliphatic rings. The van der Waals surface area contributed by atoms with Gasteiger partial charge in [-0.25, -0.2) is 4.99 Å². The lowest BCUT2D eigenvalue weighted by Crippen LogP contribution is -2.37. The van der Waals surface area contributed by atoms with Crippen LogP contribution >= 0.6 is 0 Å². The van der Waals surface area contributed by atoms with Crippen molar-refractivity contribution in [1.29, 1.82) is 0 Å². The van der Waals surface area contributed by atoms with Gasteiger partial charge in [0.05, 0.1) is 38.4 Å². The Balaban J connectivity index is 2.25. The molecule has 9 nitrogen and oxygen atoms in total. The maximum absolute atomic E-state index is 6.37. The predicted molar refractivity (Wildman–Crippen MR) is 125 cm³/mol. The molecule has 0 aliphatic carbocycles. The van der Waals surface area contributed by atoms with Crippen LogP contribution in [0, 0.1) is 0 Å². The third kappa shape index (κ3) is 7.01. The summed E-state index contributed by atoms with van der Waals surface area (Å²) in [6.07, 6.45) is 1.77. The zero-order valence-corrected chi connectivity index (χ0v) is 18.9. The number of aliphatic imine (C=N–C) groups is 1. The Hall–Kier alpha value is -3.04. The number of benzene rings is 1. The van der Waals surface area contributed by atoms with E-state index >= 15 is 0 Å². The molecular weight excluding hydrogens is 394 g/mol. The summed E-state index contributed by atoms with van der Waals surface area (Å²) in [6.45, 7) is 12.3. The van der Waals surface area contributed by atoms with Crippen LogP contribution in [0.2, 0.25) is 0 Å². The van der Waals surface area contributed by atoms with Gasteiger partial charge in [-0.2, -0.15) is 9.78 Å². The first-order valence-corrected chi connectivity index (χ1v) is 10.4. The molecule has 0 bridgehead atoms. The van der Waals surface area contributed by atoms with E-state index in [2.05, 4.69) is 36.2 Å². The zero-order chi connectivity index (χ0) is 22.8. The lowest BCUT2D eigenvalue weighted by molar-refractivity contribution is 0.145. The van der Waals surface area contributed by atoms with Gasteiger partial charge in [-0.1, -0.05) is 32.6 Å². The van der Waals surface area contributed by atoms with E-state index in [9.17, 15) is 0 Å². The molecule has 1 atom stereocenters. The molecule has 0 radical (unpaired) electrons. The van der Waals surface area contributed by atoms with E-state index < -0.39 is 0 Å². The largest absolute Gasteiger partial charge is 0.497 e.